The lowest BCUT2D eigenvalue weighted by molar-refractivity contribution is 0.235. The lowest BCUT2D eigenvalue weighted by Crippen LogP contribution is -2.42. The summed E-state index contributed by atoms with van der Waals surface area (Å²) >= 11 is 1.76. The lowest BCUT2D eigenvalue weighted by atomic mass is 10.1. The quantitative estimate of drug-likeness (QED) is 0.353. The molecule has 1 aromatic heterocycles. The van der Waals surface area contributed by atoms with Gasteiger partial charge in [0.05, 0.1) is 12.2 Å². The largest absolute Gasteiger partial charge is 0.488 e. The molecular weight excluding hydrogens is 485 g/mol. The number of hydrogen-bond donors (Lipinski definition) is 2. The number of hydrogen-bond acceptors (Lipinski definition) is 5. The Hall–Kier alpha value is -1.55. The smallest absolute Gasteiger partial charge is 0.191 e. The fraction of sp³-hybridized carbons (Fsp3) is 0.500. The molecule has 2 aliphatic rings. The molecule has 0 spiro atoms. The van der Waals surface area contributed by atoms with Crippen molar-refractivity contribution in [2.75, 3.05) is 38.1 Å². The average molecular weight is 513 g/mol. The van der Waals surface area contributed by atoms with Crippen LogP contribution in [-0.2, 0) is 12.8 Å². The van der Waals surface area contributed by atoms with Gasteiger partial charge >= 0.3 is 0 Å². The zero-order valence-corrected chi connectivity index (χ0v) is 19.3. The number of thiazole rings is 1. The first kappa shape index (κ1) is 21.2. The van der Waals surface area contributed by atoms with E-state index in [2.05, 4.69) is 38.0 Å². The predicted octanol–water partition coefficient (Wildman–Crippen LogP) is 3.07. The lowest BCUT2D eigenvalue weighted by Gasteiger charge is -2.15. The molecule has 0 aliphatic carbocycles. The van der Waals surface area contributed by atoms with E-state index in [1.54, 1.807) is 18.4 Å². The molecule has 0 saturated carbocycles. The van der Waals surface area contributed by atoms with Crippen LogP contribution < -0.4 is 20.3 Å². The topological polar surface area (TPSA) is 61.8 Å². The number of nitrogens with zero attached hydrogens (tertiary/aromatic N) is 3. The Labute approximate surface area is 187 Å². The zero-order chi connectivity index (χ0) is 18.5. The SMILES string of the molecule is CN=C(NCCc1csc(N2CCCC2)n1)NCC1Cc2ccccc2O1.I. The van der Waals surface area contributed by atoms with Gasteiger partial charge in [-0.2, -0.15) is 0 Å². The number of rotatable bonds is 6. The summed E-state index contributed by atoms with van der Waals surface area (Å²) < 4.78 is 5.97. The van der Waals surface area contributed by atoms with E-state index in [9.17, 15) is 0 Å². The number of nitrogens with one attached hydrogen (secondary N) is 2. The van der Waals surface area contributed by atoms with E-state index in [0.717, 1.165) is 56.4 Å². The maximum Gasteiger partial charge on any atom is 0.191 e. The monoisotopic (exact) mass is 513 g/mol. The van der Waals surface area contributed by atoms with Crippen molar-refractivity contribution in [2.24, 2.45) is 4.99 Å². The molecule has 3 heterocycles. The number of aliphatic imine (C=N–C) groups is 1. The van der Waals surface area contributed by atoms with Gasteiger partial charge in [-0.1, -0.05) is 18.2 Å². The Morgan fingerprint density at radius 2 is 2.11 bits per heavy atom. The first-order valence-electron chi connectivity index (χ1n) is 9.70. The van der Waals surface area contributed by atoms with E-state index in [4.69, 9.17) is 9.72 Å². The maximum atomic E-state index is 5.97. The van der Waals surface area contributed by atoms with Crippen molar-refractivity contribution < 1.29 is 4.74 Å². The number of halogens is 1. The van der Waals surface area contributed by atoms with Crippen LogP contribution in [0.15, 0.2) is 34.6 Å². The molecule has 4 rings (SSSR count). The second kappa shape index (κ2) is 10.3. The van der Waals surface area contributed by atoms with Crippen molar-refractivity contribution in [2.45, 2.75) is 31.8 Å². The van der Waals surface area contributed by atoms with E-state index in [0.29, 0.717) is 0 Å². The van der Waals surface area contributed by atoms with Crippen molar-refractivity contribution in [1.29, 1.82) is 0 Å². The fourth-order valence-corrected chi connectivity index (χ4v) is 4.49. The summed E-state index contributed by atoms with van der Waals surface area (Å²) in [5.41, 5.74) is 2.43. The number of para-hydroxylation sites is 1. The molecular formula is C20H28IN5OS. The molecule has 1 unspecified atom stereocenters. The highest BCUT2D eigenvalue weighted by Gasteiger charge is 2.22. The highest BCUT2D eigenvalue weighted by atomic mass is 127. The fourth-order valence-electron chi connectivity index (χ4n) is 3.57. The van der Waals surface area contributed by atoms with Crippen LogP contribution in [-0.4, -0.2) is 50.3 Å². The number of aromatic nitrogens is 1. The number of guanidine groups is 1. The molecule has 0 radical (unpaired) electrons. The standard InChI is InChI=1S/C20H27N5OS.HI/c1-21-19(23-13-17-12-15-6-2-3-7-18(15)26-17)22-9-8-16-14-27-20(24-16)25-10-4-5-11-25;/h2-3,6-7,14,17H,4-5,8-13H2,1H3,(H2,21,22,23);1H. The Morgan fingerprint density at radius 1 is 1.29 bits per heavy atom. The Morgan fingerprint density at radius 3 is 2.89 bits per heavy atom. The maximum absolute atomic E-state index is 5.97. The van der Waals surface area contributed by atoms with Crippen molar-refractivity contribution in [1.82, 2.24) is 15.6 Å². The van der Waals surface area contributed by atoms with E-state index in [1.165, 1.54) is 23.5 Å². The molecule has 1 fully saturated rings. The molecule has 1 atom stereocenters. The van der Waals surface area contributed by atoms with Crippen LogP contribution in [0, 0.1) is 0 Å². The van der Waals surface area contributed by atoms with E-state index >= 15 is 0 Å². The summed E-state index contributed by atoms with van der Waals surface area (Å²) in [6, 6.07) is 8.24. The predicted molar refractivity (Wildman–Crippen MR) is 127 cm³/mol. The van der Waals surface area contributed by atoms with Gasteiger partial charge in [-0.15, -0.1) is 35.3 Å². The molecule has 8 heteroatoms. The molecule has 28 heavy (non-hydrogen) atoms. The van der Waals surface area contributed by atoms with E-state index < -0.39 is 0 Å². The van der Waals surface area contributed by atoms with Crippen LogP contribution in [0.25, 0.3) is 0 Å². The number of fused-ring (bicyclic) bond motifs is 1. The minimum absolute atomic E-state index is 0. The molecule has 2 aromatic rings. The van der Waals surface area contributed by atoms with Crippen molar-refractivity contribution in [3.05, 3.63) is 40.9 Å². The third-order valence-electron chi connectivity index (χ3n) is 5.02. The Kier molecular flexibility index (Phi) is 7.78. The Bertz CT molecular complexity index is 765. The minimum atomic E-state index is 0. The van der Waals surface area contributed by atoms with Gasteiger partial charge in [0, 0.05) is 44.9 Å². The van der Waals surface area contributed by atoms with Crippen LogP contribution in [0.5, 0.6) is 5.75 Å². The van der Waals surface area contributed by atoms with Crippen LogP contribution in [0.3, 0.4) is 0 Å². The average Bonchev–Trinajstić information content (AvgIpc) is 3.44. The van der Waals surface area contributed by atoms with Gasteiger partial charge in [0.1, 0.15) is 11.9 Å². The Balaban J connectivity index is 0.00000225. The van der Waals surface area contributed by atoms with Gasteiger partial charge in [-0.25, -0.2) is 4.98 Å². The first-order valence-corrected chi connectivity index (χ1v) is 10.6. The summed E-state index contributed by atoms with van der Waals surface area (Å²) in [7, 11) is 1.80. The molecule has 0 bridgehead atoms. The van der Waals surface area contributed by atoms with Gasteiger partial charge < -0.3 is 20.3 Å². The second-order valence-electron chi connectivity index (χ2n) is 7.00. The third kappa shape index (κ3) is 5.28. The van der Waals surface area contributed by atoms with Gasteiger partial charge in [0.25, 0.3) is 0 Å². The molecule has 152 valence electrons. The summed E-state index contributed by atoms with van der Waals surface area (Å²) in [5.74, 6) is 1.81. The first-order chi connectivity index (χ1) is 13.3. The summed E-state index contributed by atoms with van der Waals surface area (Å²) in [6.07, 6.45) is 4.57. The van der Waals surface area contributed by atoms with Crippen LogP contribution in [0.4, 0.5) is 5.13 Å². The van der Waals surface area contributed by atoms with Gasteiger partial charge in [0.15, 0.2) is 11.1 Å². The van der Waals surface area contributed by atoms with Crippen LogP contribution >= 0.6 is 35.3 Å². The number of ether oxygens (including phenoxy) is 1. The van der Waals surface area contributed by atoms with E-state index in [-0.39, 0.29) is 30.1 Å². The third-order valence-corrected chi connectivity index (χ3v) is 5.97. The minimum Gasteiger partial charge on any atom is -0.488 e. The number of anilines is 1. The van der Waals surface area contributed by atoms with Gasteiger partial charge in [0.2, 0.25) is 0 Å². The van der Waals surface area contributed by atoms with Crippen LogP contribution in [0.1, 0.15) is 24.1 Å². The van der Waals surface area contributed by atoms with Gasteiger partial charge in [-0.05, 0) is 24.5 Å². The van der Waals surface area contributed by atoms with Gasteiger partial charge in [-0.3, -0.25) is 4.99 Å². The summed E-state index contributed by atoms with van der Waals surface area (Å²) in [4.78, 5) is 11.5. The number of benzene rings is 1. The molecule has 1 aromatic carbocycles. The summed E-state index contributed by atoms with van der Waals surface area (Å²) in [5, 5.41) is 10.1. The molecule has 0 amide bonds. The van der Waals surface area contributed by atoms with Crippen molar-refractivity contribution in [3.8, 4) is 5.75 Å². The second-order valence-corrected chi connectivity index (χ2v) is 7.83. The van der Waals surface area contributed by atoms with Crippen molar-refractivity contribution >= 4 is 46.4 Å². The van der Waals surface area contributed by atoms with Crippen molar-refractivity contribution in [3.63, 3.8) is 0 Å². The molecule has 1 saturated heterocycles. The zero-order valence-electron chi connectivity index (χ0n) is 16.2. The molecule has 2 aliphatic heterocycles. The van der Waals surface area contributed by atoms with E-state index in [1.807, 2.05) is 12.1 Å². The normalized spacial score (nSPS) is 18.4. The highest BCUT2D eigenvalue weighted by molar-refractivity contribution is 14.0. The van der Waals surface area contributed by atoms with Crippen LogP contribution in [0.2, 0.25) is 0 Å². The molecule has 2 N–H and O–H groups in total. The molecule has 6 nitrogen and oxygen atoms in total. The highest BCUT2D eigenvalue weighted by Crippen LogP contribution is 2.27. The summed E-state index contributed by atoms with van der Waals surface area (Å²) in [6.45, 7) is 3.85.